The van der Waals surface area contributed by atoms with Crippen molar-refractivity contribution in [1.29, 1.82) is 0 Å². The van der Waals surface area contributed by atoms with Crippen molar-refractivity contribution in [3.63, 3.8) is 0 Å². The van der Waals surface area contributed by atoms with E-state index in [0.717, 1.165) is 17.0 Å². The molecule has 0 aliphatic carbocycles. The maximum atomic E-state index is 11.8. The lowest BCUT2D eigenvalue weighted by Crippen LogP contribution is -2.14. The molecule has 0 radical (unpaired) electrons. The second-order valence-corrected chi connectivity index (χ2v) is 4.14. The van der Waals surface area contributed by atoms with Crippen LogP contribution >= 0.6 is 0 Å². The number of nitrogens with one attached hydrogen (secondary N) is 1. The number of anilines is 1. The quantitative estimate of drug-likeness (QED) is 0.896. The van der Waals surface area contributed by atoms with Crippen LogP contribution in [-0.2, 0) is 18.3 Å². The van der Waals surface area contributed by atoms with E-state index in [1.54, 1.807) is 13.2 Å². The summed E-state index contributed by atoms with van der Waals surface area (Å²) in [6.07, 6.45) is 4.23. The molecule has 0 saturated carbocycles. The number of carbonyl (C=O) groups excluding carboxylic acids is 1. The predicted molar refractivity (Wildman–Crippen MR) is 70.7 cm³/mol. The van der Waals surface area contributed by atoms with Crippen molar-refractivity contribution in [2.24, 2.45) is 7.05 Å². The molecular weight excluding hydrogens is 228 g/mol. The Hall–Kier alpha value is -2.23. The van der Waals surface area contributed by atoms with Crippen molar-refractivity contribution in [2.75, 3.05) is 12.4 Å². The van der Waals surface area contributed by atoms with Gasteiger partial charge in [0.25, 0.3) is 0 Å². The van der Waals surface area contributed by atoms with Crippen molar-refractivity contribution in [1.82, 2.24) is 4.57 Å². The summed E-state index contributed by atoms with van der Waals surface area (Å²) < 4.78 is 7.03. The number of nitrogens with zero attached hydrogens (tertiary/aromatic N) is 1. The topological polar surface area (TPSA) is 43.3 Å². The highest BCUT2D eigenvalue weighted by Gasteiger charge is 2.05. The predicted octanol–water partition coefficient (Wildman–Crippen LogP) is 2.21. The van der Waals surface area contributed by atoms with Gasteiger partial charge in [0.15, 0.2) is 0 Å². The Morgan fingerprint density at radius 1 is 1.39 bits per heavy atom. The van der Waals surface area contributed by atoms with Gasteiger partial charge >= 0.3 is 0 Å². The van der Waals surface area contributed by atoms with Crippen LogP contribution in [0.1, 0.15) is 5.56 Å². The van der Waals surface area contributed by atoms with Gasteiger partial charge < -0.3 is 14.6 Å². The van der Waals surface area contributed by atoms with Gasteiger partial charge in [0.05, 0.1) is 13.5 Å². The third kappa shape index (κ3) is 3.13. The maximum absolute atomic E-state index is 11.8. The number of aryl methyl sites for hydroxylation is 1. The van der Waals surface area contributed by atoms with Crippen molar-refractivity contribution < 1.29 is 9.53 Å². The lowest BCUT2D eigenvalue weighted by Gasteiger charge is -2.06. The van der Waals surface area contributed by atoms with E-state index in [1.807, 2.05) is 48.3 Å². The highest BCUT2D eigenvalue weighted by Crippen LogP contribution is 2.16. The number of amides is 1. The molecule has 4 nitrogen and oxygen atoms in total. The Balaban J connectivity index is 1.98. The molecule has 0 fully saturated rings. The van der Waals surface area contributed by atoms with Crippen LogP contribution in [0, 0.1) is 0 Å². The molecule has 0 bridgehead atoms. The third-order valence-corrected chi connectivity index (χ3v) is 2.61. The molecule has 0 unspecified atom stereocenters. The molecule has 1 aromatic carbocycles. The van der Waals surface area contributed by atoms with E-state index < -0.39 is 0 Å². The van der Waals surface area contributed by atoms with Gasteiger partial charge in [-0.25, -0.2) is 0 Å². The average Bonchev–Trinajstić information content (AvgIpc) is 2.74. The average molecular weight is 244 g/mol. The Morgan fingerprint density at radius 2 is 2.22 bits per heavy atom. The van der Waals surface area contributed by atoms with Gasteiger partial charge in [-0.05, 0) is 23.8 Å². The Labute approximate surface area is 106 Å². The number of rotatable bonds is 4. The summed E-state index contributed by atoms with van der Waals surface area (Å²) in [5.74, 6) is 0.696. The minimum absolute atomic E-state index is 0.0329. The summed E-state index contributed by atoms with van der Waals surface area (Å²) in [7, 11) is 3.54. The maximum Gasteiger partial charge on any atom is 0.228 e. The minimum Gasteiger partial charge on any atom is -0.497 e. The zero-order chi connectivity index (χ0) is 13.0. The van der Waals surface area contributed by atoms with Gasteiger partial charge in [0.1, 0.15) is 5.75 Å². The van der Waals surface area contributed by atoms with E-state index >= 15 is 0 Å². The molecule has 0 atom stereocenters. The molecule has 1 N–H and O–H groups in total. The standard InChI is InChI=1S/C14H16N2O2/c1-16-7-6-11(10-16)8-14(17)15-12-4-3-5-13(9-12)18-2/h3-7,9-10H,8H2,1-2H3,(H,15,17). The lowest BCUT2D eigenvalue weighted by molar-refractivity contribution is -0.115. The summed E-state index contributed by atoms with van der Waals surface area (Å²) >= 11 is 0. The largest absolute Gasteiger partial charge is 0.497 e. The minimum atomic E-state index is -0.0329. The molecule has 94 valence electrons. The first-order chi connectivity index (χ1) is 8.67. The molecule has 0 spiro atoms. The lowest BCUT2D eigenvalue weighted by atomic mass is 10.2. The van der Waals surface area contributed by atoms with Crippen LogP contribution in [0.25, 0.3) is 0 Å². The number of hydrogen-bond acceptors (Lipinski definition) is 2. The fourth-order valence-corrected chi connectivity index (χ4v) is 1.76. The van der Waals surface area contributed by atoms with E-state index in [-0.39, 0.29) is 5.91 Å². The highest BCUT2D eigenvalue weighted by atomic mass is 16.5. The Bertz CT molecular complexity index is 546. The molecule has 1 aromatic heterocycles. The van der Waals surface area contributed by atoms with E-state index in [4.69, 9.17) is 4.74 Å². The SMILES string of the molecule is COc1cccc(NC(=O)Cc2ccn(C)c2)c1. The smallest absolute Gasteiger partial charge is 0.228 e. The second-order valence-electron chi connectivity index (χ2n) is 4.14. The van der Waals surface area contributed by atoms with Crippen LogP contribution < -0.4 is 10.1 Å². The fourth-order valence-electron chi connectivity index (χ4n) is 1.76. The Kier molecular flexibility index (Phi) is 3.67. The third-order valence-electron chi connectivity index (χ3n) is 2.61. The van der Waals surface area contributed by atoms with Gasteiger partial charge in [0, 0.05) is 31.2 Å². The molecule has 2 aromatic rings. The first-order valence-corrected chi connectivity index (χ1v) is 5.72. The van der Waals surface area contributed by atoms with Crippen LogP contribution in [0.4, 0.5) is 5.69 Å². The zero-order valence-corrected chi connectivity index (χ0v) is 10.5. The summed E-state index contributed by atoms with van der Waals surface area (Å²) in [6, 6.07) is 9.25. The summed E-state index contributed by atoms with van der Waals surface area (Å²) in [5, 5.41) is 2.85. The van der Waals surface area contributed by atoms with Crippen molar-refractivity contribution in [3.8, 4) is 5.75 Å². The van der Waals surface area contributed by atoms with Gasteiger partial charge in [-0.1, -0.05) is 6.07 Å². The number of benzene rings is 1. The molecule has 0 saturated heterocycles. The highest BCUT2D eigenvalue weighted by molar-refractivity contribution is 5.92. The molecule has 0 aliphatic heterocycles. The van der Waals surface area contributed by atoms with Crippen LogP contribution in [0.3, 0.4) is 0 Å². The van der Waals surface area contributed by atoms with Crippen LogP contribution in [-0.4, -0.2) is 17.6 Å². The molecule has 0 aliphatic rings. The summed E-state index contributed by atoms with van der Waals surface area (Å²) in [6.45, 7) is 0. The number of carbonyl (C=O) groups is 1. The molecule has 18 heavy (non-hydrogen) atoms. The summed E-state index contributed by atoms with van der Waals surface area (Å²) in [4.78, 5) is 11.8. The van der Waals surface area contributed by atoms with Crippen LogP contribution in [0.5, 0.6) is 5.75 Å². The normalized spacial score (nSPS) is 10.1. The van der Waals surface area contributed by atoms with Gasteiger partial charge in [-0.3, -0.25) is 4.79 Å². The van der Waals surface area contributed by atoms with E-state index in [9.17, 15) is 4.79 Å². The molecule has 1 heterocycles. The van der Waals surface area contributed by atoms with Crippen molar-refractivity contribution >= 4 is 11.6 Å². The monoisotopic (exact) mass is 244 g/mol. The van der Waals surface area contributed by atoms with E-state index in [1.165, 1.54) is 0 Å². The van der Waals surface area contributed by atoms with E-state index in [0.29, 0.717) is 6.42 Å². The van der Waals surface area contributed by atoms with Crippen molar-refractivity contribution in [2.45, 2.75) is 6.42 Å². The van der Waals surface area contributed by atoms with Crippen molar-refractivity contribution in [3.05, 3.63) is 48.3 Å². The first kappa shape index (κ1) is 12.2. The molecule has 2 rings (SSSR count). The van der Waals surface area contributed by atoms with E-state index in [2.05, 4.69) is 5.32 Å². The zero-order valence-electron chi connectivity index (χ0n) is 10.5. The Morgan fingerprint density at radius 3 is 2.89 bits per heavy atom. The first-order valence-electron chi connectivity index (χ1n) is 5.72. The van der Waals surface area contributed by atoms with Gasteiger partial charge in [-0.15, -0.1) is 0 Å². The van der Waals surface area contributed by atoms with Crippen LogP contribution in [0.2, 0.25) is 0 Å². The molecule has 1 amide bonds. The molecule has 4 heteroatoms. The summed E-state index contributed by atoms with van der Waals surface area (Å²) in [5.41, 5.74) is 1.74. The molecular formula is C14H16N2O2. The van der Waals surface area contributed by atoms with Gasteiger partial charge in [0.2, 0.25) is 5.91 Å². The number of methoxy groups -OCH3 is 1. The second kappa shape index (κ2) is 5.40. The van der Waals surface area contributed by atoms with Crippen LogP contribution in [0.15, 0.2) is 42.7 Å². The number of ether oxygens (including phenoxy) is 1. The number of hydrogen-bond donors (Lipinski definition) is 1. The van der Waals surface area contributed by atoms with Gasteiger partial charge in [-0.2, -0.15) is 0 Å². The fraction of sp³-hybridized carbons (Fsp3) is 0.214. The number of aromatic nitrogens is 1.